The minimum absolute atomic E-state index is 0.206. The van der Waals surface area contributed by atoms with E-state index in [2.05, 4.69) is 37.8 Å². The summed E-state index contributed by atoms with van der Waals surface area (Å²) in [5.74, 6) is 3.18. The van der Waals surface area contributed by atoms with Gasteiger partial charge >= 0.3 is 0 Å². The molecule has 4 rings (SSSR count). The molecule has 9 heteroatoms. The van der Waals surface area contributed by atoms with Crippen LogP contribution in [0.1, 0.15) is 29.9 Å². The topological polar surface area (TPSA) is 74.5 Å². The van der Waals surface area contributed by atoms with Crippen molar-refractivity contribution in [2.45, 2.75) is 49.5 Å². The second kappa shape index (κ2) is 11.5. The number of hydrogen-bond donors (Lipinski definition) is 0. The normalized spacial score (nSPS) is 15.8. The Morgan fingerprint density at radius 1 is 1.12 bits per heavy atom. The SMILES string of the molecule is COc1cccc(CN(C)Cc2nnc(SCc3ccccn3)n2C[C@@H]2CCCO2)c1OC. The Kier molecular flexibility index (Phi) is 8.20. The van der Waals surface area contributed by atoms with E-state index < -0.39 is 0 Å². The van der Waals surface area contributed by atoms with E-state index in [9.17, 15) is 0 Å². The fraction of sp³-hybridized carbons (Fsp3) is 0.458. The van der Waals surface area contributed by atoms with Crippen molar-refractivity contribution in [2.75, 3.05) is 27.9 Å². The van der Waals surface area contributed by atoms with E-state index in [4.69, 9.17) is 14.2 Å². The van der Waals surface area contributed by atoms with Crippen molar-refractivity contribution < 1.29 is 14.2 Å². The van der Waals surface area contributed by atoms with Gasteiger partial charge in [-0.05, 0) is 38.1 Å². The van der Waals surface area contributed by atoms with Crippen LogP contribution in [0.2, 0.25) is 0 Å². The number of methoxy groups -OCH3 is 2. The highest BCUT2D eigenvalue weighted by atomic mass is 32.2. The summed E-state index contributed by atoms with van der Waals surface area (Å²) in [4.78, 5) is 6.63. The fourth-order valence-corrected chi connectivity index (χ4v) is 4.89. The molecular formula is C24H31N5O3S. The van der Waals surface area contributed by atoms with Gasteiger partial charge in [0.15, 0.2) is 16.7 Å². The quantitative estimate of drug-likeness (QED) is 0.393. The molecule has 33 heavy (non-hydrogen) atoms. The first-order chi connectivity index (χ1) is 16.2. The Hall–Kier alpha value is -2.62. The maximum absolute atomic E-state index is 5.91. The number of rotatable bonds is 11. The minimum atomic E-state index is 0.206. The number of nitrogens with zero attached hydrogens (tertiary/aromatic N) is 5. The number of thioether (sulfide) groups is 1. The van der Waals surface area contributed by atoms with Crippen LogP contribution in [0, 0.1) is 0 Å². The molecule has 1 aromatic carbocycles. The summed E-state index contributed by atoms with van der Waals surface area (Å²) in [6, 6.07) is 11.9. The number of benzene rings is 1. The van der Waals surface area contributed by atoms with Crippen LogP contribution >= 0.6 is 11.8 Å². The van der Waals surface area contributed by atoms with Gasteiger partial charge in [0, 0.05) is 30.7 Å². The van der Waals surface area contributed by atoms with Gasteiger partial charge in [0.2, 0.25) is 0 Å². The zero-order valence-electron chi connectivity index (χ0n) is 19.4. The van der Waals surface area contributed by atoms with Crippen LogP contribution < -0.4 is 9.47 Å². The van der Waals surface area contributed by atoms with E-state index in [1.54, 1.807) is 26.0 Å². The second-order valence-electron chi connectivity index (χ2n) is 8.08. The first-order valence-electron chi connectivity index (χ1n) is 11.1. The van der Waals surface area contributed by atoms with Gasteiger partial charge in [0.05, 0.1) is 39.1 Å². The summed E-state index contributed by atoms with van der Waals surface area (Å²) in [7, 11) is 5.40. The van der Waals surface area contributed by atoms with E-state index >= 15 is 0 Å². The van der Waals surface area contributed by atoms with Crippen molar-refractivity contribution in [2.24, 2.45) is 0 Å². The number of para-hydroxylation sites is 1. The second-order valence-corrected chi connectivity index (χ2v) is 9.02. The molecule has 0 saturated carbocycles. The number of ether oxygens (including phenoxy) is 3. The maximum Gasteiger partial charge on any atom is 0.191 e. The lowest BCUT2D eigenvalue weighted by Gasteiger charge is -2.20. The van der Waals surface area contributed by atoms with Crippen LogP contribution in [0.5, 0.6) is 11.5 Å². The Bertz CT molecular complexity index is 1020. The molecule has 2 aromatic heterocycles. The summed E-state index contributed by atoms with van der Waals surface area (Å²) in [6.45, 7) is 2.95. The van der Waals surface area contributed by atoms with Crippen molar-refractivity contribution in [1.82, 2.24) is 24.6 Å². The summed E-state index contributed by atoms with van der Waals surface area (Å²) < 4.78 is 19.2. The van der Waals surface area contributed by atoms with Crippen LogP contribution in [-0.2, 0) is 30.1 Å². The largest absolute Gasteiger partial charge is 0.493 e. The summed E-state index contributed by atoms with van der Waals surface area (Å²) in [5, 5.41) is 9.96. The minimum Gasteiger partial charge on any atom is -0.493 e. The molecule has 0 N–H and O–H groups in total. The van der Waals surface area contributed by atoms with E-state index in [1.807, 2.05) is 36.5 Å². The number of hydrogen-bond acceptors (Lipinski definition) is 8. The average molecular weight is 470 g/mol. The third-order valence-electron chi connectivity index (χ3n) is 5.62. The van der Waals surface area contributed by atoms with Crippen molar-refractivity contribution in [1.29, 1.82) is 0 Å². The molecule has 0 amide bonds. The summed E-state index contributed by atoms with van der Waals surface area (Å²) in [6.07, 6.45) is 4.20. The van der Waals surface area contributed by atoms with Crippen LogP contribution in [0.3, 0.4) is 0 Å². The van der Waals surface area contributed by atoms with Crippen LogP contribution in [0.4, 0.5) is 0 Å². The Morgan fingerprint density at radius 2 is 2.03 bits per heavy atom. The zero-order chi connectivity index (χ0) is 23.0. The molecule has 3 heterocycles. The lowest BCUT2D eigenvalue weighted by atomic mass is 10.1. The Balaban J connectivity index is 1.49. The van der Waals surface area contributed by atoms with Gasteiger partial charge in [-0.25, -0.2) is 0 Å². The molecule has 1 aliphatic heterocycles. The average Bonchev–Trinajstić information content (AvgIpc) is 3.49. The molecule has 3 aromatic rings. The van der Waals surface area contributed by atoms with Gasteiger partial charge in [-0.3, -0.25) is 9.88 Å². The predicted molar refractivity (Wildman–Crippen MR) is 128 cm³/mol. The van der Waals surface area contributed by atoms with Gasteiger partial charge < -0.3 is 18.8 Å². The van der Waals surface area contributed by atoms with Gasteiger partial charge in [0.1, 0.15) is 5.82 Å². The van der Waals surface area contributed by atoms with Gasteiger partial charge in [0.25, 0.3) is 0 Å². The van der Waals surface area contributed by atoms with Gasteiger partial charge in [-0.2, -0.15) is 0 Å². The third-order valence-corrected chi connectivity index (χ3v) is 6.62. The molecule has 1 fully saturated rings. The van der Waals surface area contributed by atoms with Crippen molar-refractivity contribution >= 4 is 11.8 Å². The molecule has 1 aliphatic rings. The summed E-state index contributed by atoms with van der Waals surface area (Å²) >= 11 is 1.66. The number of aromatic nitrogens is 4. The fourth-order valence-electron chi connectivity index (χ4n) is 4.01. The molecule has 1 saturated heterocycles. The van der Waals surface area contributed by atoms with Crippen molar-refractivity contribution in [3.8, 4) is 11.5 Å². The molecule has 0 radical (unpaired) electrons. The van der Waals surface area contributed by atoms with Crippen molar-refractivity contribution in [3.63, 3.8) is 0 Å². The molecule has 0 aliphatic carbocycles. The molecular weight excluding hydrogens is 438 g/mol. The van der Waals surface area contributed by atoms with E-state index in [0.29, 0.717) is 13.1 Å². The van der Waals surface area contributed by atoms with Gasteiger partial charge in [-0.15, -0.1) is 10.2 Å². The molecule has 176 valence electrons. The molecule has 0 unspecified atom stereocenters. The highest BCUT2D eigenvalue weighted by molar-refractivity contribution is 7.98. The molecule has 1 atom stereocenters. The third kappa shape index (κ3) is 6.04. The highest BCUT2D eigenvalue weighted by Gasteiger charge is 2.22. The maximum atomic E-state index is 5.91. The van der Waals surface area contributed by atoms with Crippen LogP contribution in [0.25, 0.3) is 0 Å². The number of pyridine rings is 1. The standard InChI is InChI=1S/C24H31N5O3S/c1-28(14-18-8-6-11-21(30-2)23(18)31-3)16-22-26-27-24(29(22)15-20-10-7-13-32-20)33-17-19-9-4-5-12-25-19/h4-6,8-9,11-12,20H,7,10,13-17H2,1-3H3/t20-/m0/s1. The Labute approximate surface area is 199 Å². The van der Waals surface area contributed by atoms with E-state index in [0.717, 1.165) is 65.5 Å². The van der Waals surface area contributed by atoms with E-state index in [-0.39, 0.29) is 6.10 Å². The first kappa shape index (κ1) is 23.5. The highest BCUT2D eigenvalue weighted by Crippen LogP contribution is 2.31. The van der Waals surface area contributed by atoms with E-state index in [1.165, 1.54) is 0 Å². The zero-order valence-corrected chi connectivity index (χ0v) is 20.3. The molecule has 8 nitrogen and oxygen atoms in total. The smallest absolute Gasteiger partial charge is 0.191 e. The predicted octanol–water partition coefficient (Wildman–Crippen LogP) is 3.79. The molecule has 0 bridgehead atoms. The summed E-state index contributed by atoms with van der Waals surface area (Å²) in [5.41, 5.74) is 2.09. The lowest BCUT2D eigenvalue weighted by Crippen LogP contribution is -2.23. The van der Waals surface area contributed by atoms with Crippen LogP contribution in [-0.4, -0.2) is 58.6 Å². The molecule has 0 spiro atoms. The van der Waals surface area contributed by atoms with Crippen LogP contribution in [0.15, 0.2) is 47.8 Å². The Morgan fingerprint density at radius 3 is 2.76 bits per heavy atom. The lowest BCUT2D eigenvalue weighted by molar-refractivity contribution is 0.0934. The van der Waals surface area contributed by atoms with Gasteiger partial charge in [-0.1, -0.05) is 30.0 Å². The monoisotopic (exact) mass is 469 g/mol. The van der Waals surface area contributed by atoms with Crippen molar-refractivity contribution in [3.05, 3.63) is 59.7 Å². The first-order valence-corrected chi connectivity index (χ1v) is 12.1.